The number of hydrogen-bond donors (Lipinski definition) is 0. The van der Waals surface area contributed by atoms with Crippen LogP contribution >= 0.6 is 11.8 Å². The van der Waals surface area contributed by atoms with E-state index in [4.69, 9.17) is 9.73 Å². The lowest BCUT2D eigenvalue weighted by Crippen LogP contribution is -2.41. The summed E-state index contributed by atoms with van der Waals surface area (Å²) >= 11 is 1.51. The number of esters is 1. The van der Waals surface area contributed by atoms with Crippen LogP contribution in [0, 0.1) is 0 Å². The summed E-state index contributed by atoms with van der Waals surface area (Å²) in [6.45, 7) is 3.96. The van der Waals surface area contributed by atoms with Gasteiger partial charge in [0.2, 0.25) is 5.91 Å². The Kier molecular flexibility index (Phi) is 7.04. The molecule has 6 nitrogen and oxygen atoms in total. The van der Waals surface area contributed by atoms with Gasteiger partial charge in [0.1, 0.15) is 0 Å². The van der Waals surface area contributed by atoms with Crippen LogP contribution in [-0.4, -0.2) is 46.5 Å². The summed E-state index contributed by atoms with van der Waals surface area (Å²) < 4.78 is 5.39. The highest BCUT2D eigenvalue weighted by Gasteiger charge is 2.41. The van der Waals surface area contributed by atoms with Crippen molar-refractivity contribution in [2.75, 3.05) is 13.7 Å². The molecule has 1 aliphatic carbocycles. The van der Waals surface area contributed by atoms with E-state index in [9.17, 15) is 9.59 Å². The minimum Gasteiger partial charge on any atom is -0.463 e. The van der Waals surface area contributed by atoms with E-state index < -0.39 is 0 Å². The molecule has 0 saturated heterocycles. The molecule has 1 amide bonds. The number of allylic oxidation sites excluding steroid dienone is 1. The van der Waals surface area contributed by atoms with E-state index in [-0.39, 0.29) is 24.3 Å². The Morgan fingerprint density at radius 1 is 1.19 bits per heavy atom. The number of hydrogen-bond acceptors (Lipinski definition) is 6. The van der Waals surface area contributed by atoms with E-state index in [1.54, 1.807) is 6.92 Å². The molecule has 0 aromatic heterocycles. The zero-order valence-electron chi connectivity index (χ0n) is 19.0. The third-order valence-electron chi connectivity index (χ3n) is 6.46. The number of rotatable bonds is 6. The molecule has 1 aromatic rings. The molecule has 32 heavy (non-hydrogen) atoms. The van der Waals surface area contributed by atoms with E-state index in [2.05, 4.69) is 0 Å². The van der Waals surface area contributed by atoms with E-state index in [0.717, 1.165) is 29.3 Å². The van der Waals surface area contributed by atoms with Crippen LogP contribution in [0.4, 0.5) is 0 Å². The molecule has 2 heterocycles. The van der Waals surface area contributed by atoms with Crippen LogP contribution in [0.15, 0.2) is 57.7 Å². The highest BCUT2D eigenvalue weighted by atomic mass is 32.2. The molecule has 2 aliphatic heterocycles. The van der Waals surface area contributed by atoms with Crippen LogP contribution in [-0.2, 0) is 14.3 Å². The fourth-order valence-corrected chi connectivity index (χ4v) is 5.71. The van der Waals surface area contributed by atoms with Crippen LogP contribution in [0.2, 0.25) is 0 Å². The fraction of sp³-hybridized carbons (Fsp3) is 0.480. The Balaban J connectivity index is 1.63. The topological polar surface area (TPSA) is 62.2 Å². The van der Waals surface area contributed by atoms with Crippen LogP contribution in [0.25, 0.3) is 0 Å². The maximum atomic E-state index is 13.2. The van der Waals surface area contributed by atoms with Gasteiger partial charge in [-0.2, -0.15) is 0 Å². The maximum Gasteiger partial charge on any atom is 0.338 e. The van der Waals surface area contributed by atoms with Gasteiger partial charge in [0, 0.05) is 18.8 Å². The predicted molar refractivity (Wildman–Crippen MR) is 128 cm³/mol. The molecule has 1 fully saturated rings. The van der Waals surface area contributed by atoms with Gasteiger partial charge in [0.25, 0.3) is 0 Å². The summed E-state index contributed by atoms with van der Waals surface area (Å²) in [5.74, 6) is -0.246. The first-order valence-corrected chi connectivity index (χ1v) is 12.3. The highest BCUT2D eigenvalue weighted by molar-refractivity contribution is 8.16. The van der Waals surface area contributed by atoms with Crippen molar-refractivity contribution in [3.8, 4) is 0 Å². The van der Waals surface area contributed by atoms with Crippen LogP contribution < -0.4 is 0 Å². The molecule has 1 atom stereocenters. The van der Waals surface area contributed by atoms with Crippen molar-refractivity contribution >= 4 is 28.8 Å². The molecule has 3 aliphatic rings. The third kappa shape index (κ3) is 4.49. The number of carbonyl (C=O) groups is 2. The number of ether oxygens (including phenoxy) is 1. The summed E-state index contributed by atoms with van der Waals surface area (Å²) in [7, 11) is 1.93. The van der Waals surface area contributed by atoms with Gasteiger partial charge in [0.05, 0.1) is 30.3 Å². The number of nitrogens with zero attached hydrogens (tertiary/aromatic N) is 3. The van der Waals surface area contributed by atoms with E-state index in [1.807, 2.05) is 59.5 Å². The van der Waals surface area contributed by atoms with Gasteiger partial charge < -0.3 is 14.5 Å². The summed E-state index contributed by atoms with van der Waals surface area (Å²) in [4.78, 5) is 34.8. The van der Waals surface area contributed by atoms with E-state index in [0.29, 0.717) is 23.9 Å². The average molecular weight is 454 g/mol. The Bertz CT molecular complexity index is 964. The number of fused-ring (bicyclic) bond motifs is 1. The molecule has 4 rings (SSSR count). The summed E-state index contributed by atoms with van der Waals surface area (Å²) in [5, 5.41) is 2.80. The molecule has 170 valence electrons. The van der Waals surface area contributed by atoms with Crippen LogP contribution in [0.3, 0.4) is 0 Å². The summed E-state index contributed by atoms with van der Waals surface area (Å²) in [6, 6.07) is 9.87. The number of amides is 1. The molecule has 1 aromatic carbocycles. The van der Waals surface area contributed by atoms with Crippen molar-refractivity contribution in [2.24, 2.45) is 4.99 Å². The largest absolute Gasteiger partial charge is 0.463 e. The highest BCUT2D eigenvalue weighted by Crippen LogP contribution is 2.45. The monoisotopic (exact) mass is 453 g/mol. The summed E-state index contributed by atoms with van der Waals surface area (Å²) in [5.41, 5.74) is 3.05. The first-order chi connectivity index (χ1) is 15.5. The van der Waals surface area contributed by atoms with Crippen molar-refractivity contribution in [1.82, 2.24) is 9.80 Å². The molecule has 0 bridgehead atoms. The zero-order chi connectivity index (χ0) is 22.7. The number of amidine groups is 1. The average Bonchev–Trinajstić information content (AvgIpc) is 3.20. The standard InChI is InChI=1S/C25H31N3O3S/c1-4-31-24(30)22-17(2)26-25-28(23(22)18-11-7-5-8-12-18)20(16-32-25)15-21(29)27(3)19-13-9-6-10-14-19/h5,7-8,11-12,16,19,23H,4,6,9-10,13-15H2,1-3H3. The molecule has 1 unspecified atom stereocenters. The quantitative estimate of drug-likeness (QED) is 0.567. The molecule has 0 N–H and O–H groups in total. The van der Waals surface area contributed by atoms with Crippen molar-refractivity contribution in [1.29, 1.82) is 0 Å². The van der Waals surface area contributed by atoms with Crippen LogP contribution in [0.5, 0.6) is 0 Å². The molecule has 7 heteroatoms. The zero-order valence-corrected chi connectivity index (χ0v) is 19.9. The maximum absolute atomic E-state index is 13.2. The predicted octanol–water partition coefficient (Wildman–Crippen LogP) is 5.01. The number of benzene rings is 1. The Labute approximate surface area is 194 Å². The third-order valence-corrected chi connectivity index (χ3v) is 7.35. The van der Waals surface area contributed by atoms with Gasteiger partial charge in [-0.15, -0.1) is 0 Å². The number of aliphatic imine (C=N–C) groups is 1. The lowest BCUT2D eigenvalue weighted by Gasteiger charge is -2.37. The molecular weight excluding hydrogens is 422 g/mol. The Morgan fingerprint density at radius 2 is 1.91 bits per heavy atom. The van der Waals surface area contributed by atoms with Gasteiger partial charge in [-0.3, -0.25) is 4.79 Å². The van der Waals surface area contributed by atoms with E-state index in [1.165, 1.54) is 31.0 Å². The minimum absolute atomic E-state index is 0.112. The summed E-state index contributed by atoms with van der Waals surface area (Å²) in [6.07, 6.45) is 6.08. The van der Waals surface area contributed by atoms with Gasteiger partial charge in [-0.1, -0.05) is 61.4 Å². The fourth-order valence-electron chi connectivity index (χ4n) is 4.74. The molecular formula is C25H31N3O3S. The minimum atomic E-state index is -0.364. The van der Waals surface area contributed by atoms with Crippen LogP contribution in [0.1, 0.15) is 64.0 Å². The van der Waals surface area contributed by atoms with Gasteiger partial charge in [-0.25, -0.2) is 9.79 Å². The van der Waals surface area contributed by atoms with E-state index >= 15 is 0 Å². The van der Waals surface area contributed by atoms with Crippen molar-refractivity contribution in [3.05, 3.63) is 58.3 Å². The molecule has 0 radical (unpaired) electrons. The molecule has 0 spiro atoms. The Hall–Kier alpha value is -2.54. The second-order valence-corrected chi connectivity index (χ2v) is 9.33. The van der Waals surface area contributed by atoms with Crippen molar-refractivity contribution in [3.63, 3.8) is 0 Å². The van der Waals surface area contributed by atoms with Crippen molar-refractivity contribution < 1.29 is 14.3 Å². The lowest BCUT2D eigenvalue weighted by molar-refractivity contribution is -0.139. The lowest BCUT2D eigenvalue weighted by atomic mass is 9.93. The first kappa shape index (κ1) is 22.6. The number of carbonyl (C=O) groups excluding carboxylic acids is 2. The number of thioether (sulfide) groups is 1. The van der Waals surface area contributed by atoms with Gasteiger partial charge >= 0.3 is 5.97 Å². The second kappa shape index (κ2) is 9.94. The second-order valence-electron chi connectivity index (χ2n) is 8.50. The first-order valence-electron chi connectivity index (χ1n) is 11.4. The normalized spacial score (nSPS) is 21.1. The Morgan fingerprint density at radius 3 is 2.59 bits per heavy atom. The smallest absolute Gasteiger partial charge is 0.338 e. The molecule has 1 saturated carbocycles. The van der Waals surface area contributed by atoms with Gasteiger partial charge in [-0.05, 0) is 37.7 Å². The van der Waals surface area contributed by atoms with Crippen molar-refractivity contribution in [2.45, 2.75) is 64.5 Å². The SMILES string of the molecule is CCOC(=O)C1=C(C)N=C2SC=C(CC(=O)N(C)C3CCCCC3)N2C1c1ccccc1. The van der Waals surface area contributed by atoms with Gasteiger partial charge in [0.15, 0.2) is 5.17 Å².